The Labute approximate surface area is 130 Å². The highest BCUT2D eigenvalue weighted by molar-refractivity contribution is 5.56. The summed E-state index contributed by atoms with van der Waals surface area (Å²) < 4.78 is 1.86. The fourth-order valence-electron chi connectivity index (χ4n) is 2.82. The normalized spacial score (nSPS) is 11.0. The Kier molecular flexibility index (Phi) is 4.04. The topological polar surface area (TPSA) is 46.3 Å². The van der Waals surface area contributed by atoms with E-state index in [1.807, 2.05) is 10.6 Å². The van der Waals surface area contributed by atoms with Gasteiger partial charge in [0.2, 0.25) is 0 Å². The van der Waals surface area contributed by atoms with E-state index in [-0.39, 0.29) is 0 Å². The molecule has 2 aromatic heterocycles. The van der Waals surface area contributed by atoms with Crippen LogP contribution >= 0.6 is 0 Å². The van der Waals surface area contributed by atoms with Crippen LogP contribution in [0.4, 0.5) is 5.82 Å². The lowest BCUT2D eigenvalue weighted by Gasteiger charge is -2.25. The molecular weight excluding hydrogens is 274 g/mol. The lowest BCUT2D eigenvalue weighted by atomic mass is 10.0. The van der Waals surface area contributed by atoms with Crippen LogP contribution in [-0.2, 0) is 6.42 Å². The average molecular weight is 295 g/mol. The van der Waals surface area contributed by atoms with E-state index in [2.05, 4.69) is 65.0 Å². The maximum absolute atomic E-state index is 4.61. The molecule has 0 spiro atoms. The summed E-state index contributed by atoms with van der Waals surface area (Å²) in [4.78, 5) is 11.2. The van der Waals surface area contributed by atoms with Crippen LogP contribution in [0.25, 0.3) is 5.78 Å². The predicted octanol–water partition coefficient (Wildman–Crippen LogP) is 2.87. The minimum absolute atomic E-state index is 0.663. The van der Waals surface area contributed by atoms with Gasteiger partial charge in [-0.25, -0.2) is 4.98 Å². The van der Waals surface area contributed by atoms with Crippen molar-refractivity contribution in [2.24, 2.45) is 0 Å². The summed E-state index contributed by atoms with van der Waals surface area (Å²) in [6.07, 6.45) is 2.42. The summed E-state index contributed by atoms with van der Waals surface area (Å²) in [5.41, 5.74) is 3.51. The van der Waals surface area contributed by atoms with Gasteiger partial charge in [0.25, 0.3) is 5.78 Å². The quantitative estimate of drug-likeness (QED) is 0.726. The molecule has 0 aliphatic rings. The van der Waals surface area contributed by atoms with Gasteiger partial charge in [-0.15, -0.1) is 0 Å². The number of nitrogens with zero attached hydrogens (tertiary/aromatic N) is 5. The number of benzene rings is 1. The first-order valence-electron chi connectivity index (χ1n) is 7.72. The number of rotatable bonds is 5. The molecule has 114 valence electrons. The fourth-order valence-corrected chi connectivity index (χ4v) is 2.82. The van der Waals surface area contributed by atoms with Crippen molar-refractivity contribution >= 4 is 11.6 Å². The van der Waals surface area contributed by atoms with Gasteiger partial charge in [-0.2, -0.15) is 14.6 Å². The zero-order chi connectivity index (χ0) is 15.5. The number of fused-ring (bicyclic) bond motifs is 1. The number of aromatic nitrogens is 4. The van der Waals surface area contributed by atoms with Crippen molar-refractivity contribution in [1.29, 1.82) is 0 Å². The number of aryl methyl sites for hydroxylation is 1. The first-order valence-corrected chi connectivity index (χ1v) is 7.72. The molecule has 5 heteroatoms. The van der Waals surface area contributed by atoms with Gasteiger partial charge >= 0.3 is 0 Å². The van der Waals surface area contributed by atoms with Crippen LogP contribution in [0.15, 0.2) is 36.7 Å². The van der Waals surface area contributed by atoms with Crippen molar-refractivity contribution in [1.82, 2.24) is 19.6 Å². The molecule has 22 heavy (non-hydrogen) atoms. The molecule has 2 heterocycles. The zero-order valence-corrected chi connectivity index (χ0v) is 13.3. The van der Waals surface area contributed by atoms with Gasteiger partial charge in [0, 0.05) is 30.8 Å². The second-order valence-corrected chi connectivity index (χ2v) is 5.31. The highest BCUT2D eigenvalue weighted by Gasteiger charge is 2.18. The van der Waals surface area contributed by atoms with E-state index in [1.54, 1.807) is 6.33 Å². The molecule has 5 nitrogen and oxygen atoms in total. The minimum atomic E-state index is 0.663. The molecule has 3 aromatic rings. The third-order valence-electron chi connectivity index (χ3n) is 3.99. The third kappa shape index (κ3) is 2.54. The molecule has 0 aliphatic heterocycles. The van der Waals surface area contributed by atoms with E-state index >= 15 is 0 Å². The van der Waals surface area contributed by atoms with Crippen LogP contribution < -0.4 is 4.90 Å². The number of hydrogen-bond donors (Lipinski definition) is 0. The van der Waals surface area contributed by atoms with Crippen molar-refractivity contribution in [3.63, 3.8) is 0 Å². The molecule has 0 aliphatic carbocycles. The van der Waals surface area contributed by atoms with Gasteiger partial charge in [0.1, 0.15) is 12.1 Å². The van der Waals surface area contributed by atoms with Gasteiger partial charge in [-0.1, -0.05) is 30.3 Å². The van der Waals surface area contributed by atoms with E-state index < -0.39 is 0 Å². The maximum atomic E-state index is 4.61. The maximum Gasteiger partial charge on any atom is 0.254 e. The summed E-state index contributed by atoms with van der Waals surface area (Å²) in [6, 6.07) is 10.5. The van der Waals surface area contributed by atoms with E-state index in [1.165, 1.54) is 11.1 Å². The molecule has 0 bridgehead atoms. The van der Waals surface area contributed by atoms with Crippen molar-refractivity contribution in [2.45, 2.75) is 27.2 Å². The SMILES string of the molecule is CCN(CC)c1c(Cc2ccccc2)c(C)nc2ncnn12. The molecule has 0 amide bonds. The average Bonchev–Trinajstić information content (AvgIpc) is 2.99. The Hall–Kier alpha value is -2.43. The largest absolute Gasteiger partial charge is 0.357 e. The Morgan fingerprint density at radius 3 is 2.50 bits per heavy atom. The molecule has 0 N–H and O–H groups in total. The van der Waals surface area contributed by atoms with E-state index in [0.29, 0.717) is 5.78 Å². The Bertz CT molecular complexity index is 759. The second-order valence-electron chi connectivity index (χ2n) is 5.31. The smallest absolute Gasteiger partial charge is 0.254 e. The summed E-state index contributed by atoms with van der Waals surface area (Å²) in [5, 5.41) is 4.38. The summed E-state index contributed by atoms with van der Waals surface area (Å²) >= 11 is 0. The molecule has 3 rings (SSSR count). The molecule has 0 fully saturated rings. The minimum Gasteiger partial charge on any atom is -0.357 e. The van der Waals surface area contributed by atoms with Crippen LogP contribution in [0, 0.1) is 6.92 Å². The van der Waals surface area contributed by atoms with Gasteiger partial charge in [-0.3, -0.25) is 0 Å². The summed E-state index contributed by atoms with van der Waals surface area (Å²) in [7, 11) is 0. The van der Waals surface area contributed by atoms with Gasteiger partial charge < -0.3 is 4.90 Å². The van der Waals surface area contributed by atoms with Crippen molar-refractivity contribution in [3.05, 3.63) is 53.5 Å². The van der Waals surface area contributed by atoms with Crippen molar-refractivity contribution in [2.75, 3.05) is 18.0 Å². The third-order valence-corrected chi connectivity index (χ3v) is 3.99. The Balaban J connectivity index is 2.18. The van der Waals surface area contributed by atoms with E-state index in [0.717, 1.165) is 31.0 Å². The second kappa shape index (κ2) is 6.13. The van der Waals surface area contributed by atoms with Gasteiger partial charge in [0.15, 0.2) is 0 Å². The molecule has 0 atom stereocenters. The lowest BCUT2D eigenvalue weighted by Crippen LogP contribution is -2.27. The standard InChI is InChI=1S/C17H21N5/c1-4-21(5-2)16-15(11-14-9-7-6-8-10-14)13(3)20-17-18-12-19-22(16)17/h6-10,12H,4-5,11H2,1-3H3. The molecular formula is C17H21N5. The molecule has 1 aromatic carbocycles. The summed E-state index contributed by atoms with van der Waals surface area (Å²) in [5.74, 6) is 1.77. The van der Waals surface area contributed by atoms with Crippen LogP contribution in [0.2, 0.25) is 0 Å². The predicted molar refractivity (Wildman–Crippen MR) is 88.3 cm³/mol. The Morgan fingerprint density at radius 2 is 1.82 bits per heavy atom. The van der Waals surface area contributed by atoms with Crippen LogP contribution in [0.3, 0.4) is 0 Å². The fraction of sp³-hybridized carbons (Fsp3) is 0.353. The van der Waals surface area contributed by atoms with Crippen molar-refractivity contribution in [3.8, 4) is 0 Å². The van der Waals surface area contributed by atoms with E-state index in [4.69, 9.17) is 0 Å². The van der Waals surface area contributed by atoms with Crippen LogP contribution in [0.5, 0.6) is 0 Å². The van der Waals surface area contributed by atoms with E-state index in [9.17, 15) is 0 Å². The monoisotopic (exact) mass is 295 g/mol. The number of anilines is 1. The first-order chi connectivity index (χ1) is 10.7. The lowest BCUT2D eigenvalue weighted by molar-refractivity contribution is 0.782. The molecule has 0 radical (unpaired) electrons. The zero-order valence-electron chi connectivity index (χ0n) is 13.3. The Morgan fingerprint density at radius 1 is 1.09 bits per heavy atom. The van der Waals surface area contributed by atoms with Crippen LogP contribution in [0.1, 0.15) is 30.7 Å². The number of hydrogen-bond acceptors (Lipinski definition) is 4. The van der Waals surface area contributed by atoms with Gasteiger partial charge in [-0.05, 0) is 26.3 Å². The highest BCUT2D eigenvalue weighted by Crippen LogP contribution is 2.25. The molecule has 0 saturated carbocycles. The van der Waals surface area contributed by atoms with Crippen molar-refractivity contribution < 1.29 is 0 Å². The highest BCUT2D eigenvalue weighted by atomic mass is 15.4. The summed E-state index contributed by atoms with van der Waals surface area (Å²) in [6.45, 7) is 8.23. The molecule has 0 saturated heterocycles. The van der Waals surface area contributed by atoms with Gasteiger partial charge in [0.05, 0.1) is 0 Å². The molecule has 0 unspecified atom stereocenters. The van der Waals surface area contributed by atoms with Crippen LogP contribution in [-0.4, -0.2) is 32.7 Å². The first kappa shape index (κ1) is 14.5.